The monoisotopic (exact) mass is 395 g/mol. The van der Waals surface area contributed by atoms with Gasteiger partial charge in [0.25, 0.3) is 5.91 Å². The molecule has 150 valence electrons. The van der Waals surface area contributed by atoms with Crippen LogP contribution in [0.15, 0.2) is 42.5 Å². The number of esters is 1. The van der Waals surface area contributed by atoms with E-state index in [-0.39, 0.29) is 0 Å². The average molecular weight is 395 g/mol. The summed E-state index contributed by atoms with van der Waals surface area (Å²) in [5.41, 5.74) is 0.522. The van der Waals surface area contributed by atoms with Gasteiger partial charge in [0.1, 0.15) is 5.75 Å². The van der Waals surface area contributed by atoms with Crippen molar-refractivity contribution in [2.24, 2.45) is 0 Å². The number of nitrogens with one attached hydrogen (secondary N) is 1. The Labute approximate surface area is 160 Å². The lowest BCUT2D eigenvalue weighted by Gasteiger charge is -2.17. The Bertz CT molecular complexity index is 845. The average Bonchev–Trinajstić information content (AvgIpc) is 2.58. The largest absolute Gasteiger partial charge is 0.482 e. The quantitative estimate of drug-likeness (QED) is 0.742. The predicted octanol–water partition coefficient (Wildman–Crippen LogP) is 4.27. The van der Waals surface area contributed by atoms with Crippen LogP contribution in [0.3, 0.4) is 0 Å². The molecule has 0 saturated heterocycles. The first-order valence-electron chi connectivity index (χ1n) is 8.44. The first kappa shape index (κ1) is 21.3. The van der Waals surface area contributed by atoms with E-state index in [0.717, 1.165) is 23.3 Å². The summed E-state index contributed by atoms with van der Waals surface area (Å²) in [4.78, 5) is 24.0. The molecule has 0 aliphatic carbocycles. The molecule has 0 aliphatic rings. The van der Waals surface area contributed by atoms with E-state index < -0.39 is 42.0 Å². The van der Waals surface area contributed by atoms with Gasteiger partial charge in [-0.25, -0.2) is 4.79 Å². The third-order valence-electron chi connectivity index (χ3n) is 3.72. The van der Waals surface area contributed by atoms with Crippen molar-refractivity contribution in [1.29, 1.82) is 0 Å². The van der Waals surface area contributed by atoms with Crippen molar-refractivity contribution >= 4 is 17.6 Å². The van der Waals surface area contributed by atoms with E-state index in [0.29, 0.717) is 5.75 Å². The lowest BCUT2D eigenvalue weighted by Crippen LogP contribution is -2.32. The zero-order valence-corrected chi connectivity index (χ0v) is 15.6. The minimum absolute atomic E-state index is 0.408. The van der Waals surface area contributed by atoms with Crippen LogP contribution in [-0.2, 0) is 20.5 Å². The minimum atomic E-state index is -4.62. The zero-order valence-electron chi connectivity index (χ0n) is 15.6. The Balaban J connectivity index is 1.93. The fraction of sp³-hybridized carbons (Fsp3) is 0.300. The van der Waals surface area contributed by atoms with Gasteiger partial charge in [0, 0.05) is 0 Å². The van der Waals surface area contributed by atoms with Crippen LogP contribution in [0, 0.1) is 13.8 Å². The SMILES string of the molecule is Cc1cc(C)cc(OCC(=O)O[C@H](C)C(=O)Nc2ccccc2C(F)(F)F)c1. The van der Waals surface area contributed by atoms with Crippen molar-refractivity contribution in [1.82, 2.24) is 0 Å². The van der Waals surface area contributed by atoms with E-state index in [4.69, 9.17) is 9.47 Å². The number of rotatable bonds is 6. The molecule has 0 aliphatic heterocycles. The molecule has 0 fully saturated rings. The third-order valence-corrected chi connectivity index (χ3v) is 3.72. The summed E-state index contributed by atoms with van der Waals surface area (Å²) < 4.78 is 49.2. The van der Waals surface area contributed by atoms with E-state index in [1.165, 1.54) is 19.1 Å². The maximum Gasteiger partial charge on any atom is 0.418 e. The number of ether oxygens (including phenoxy) is 2. The summed E-state index contributed by atoms with van der Waals surface area (Å²) >= 11 is 0. The number of anilines is 1. The number of carbonyl (C=O) groups excluding carboxylic acids is 2. The molecule has 0 unspecified atom stereocenters. The maximum atomic E-state index is 13.0. The Morgan fingerprint density at radius 3 is 2.29 bits per heavy atom. The lowest BCUT2D eigenvalue weighted by atomic mass is 10.1. The van der Waals surface area contributed by atoms with Gasteiger partial charge in [-0.1, -0.05) is 18.2 Å². The van der Waals surface area contributed by atoms with E-state index in [1.54, 1.807) is 12.1 Å². The maximum absolute atomic E-state index is 13.0. The van der Waals surface area contributed by atoms with Crippen molar-refractivity contribution in [3.8, 4) is 5.75 Å². The van der Waals surface area contributed by atoms with Crippen LogP contribution in [0.2, 0.25) is 0 Å². The molecule has 2 rings (SSSR count). The molecule has 5 nitrogen and oxygen atoms in total. The lowest BCUT2D eigenvalue weighted by molar-refractivity contribution is -0.155. The molecule has 2 aromatic rings. The number of halogens is 3. The summed E-state index contributed by atoms with van der Waals surface area (Å²) in [6.07, 6.45) is -5.92. The van der Waals surface area contributed by atoms with E-state index >= 15 is 0 Å². The Morgan fingerprint density at radius 1 is 1.07 bits per heavy atom. The van der Waals surface area contributed by atoms with Crippen molar-refractivity contribution in [2.75, 3.05) is 11.9 Å². The van der Waals surface area contributed by atoms with Crippen LogP contribution in [-0.4, -0.2) is 24.6 Å². The van der Waals surface area contributed by atoms with Gasteiger partial charge in [-0.2, -0.15) is 13.2 Å². The van der Waals surface area contributed by atoms with E-state index in [1.807, 2.05) is 19.9 Å². The first-order valence-corrected chi connectivity index (χ1v) is 8.44. The number of amides is 1. The summed E-state index contributed by atoms with van der Waals surface area (Å²) in [7, 11) is 0. The fourth-order valence-electron chi connectivity index (χ4n) is 2.52. The summed E-state index contributed by atoms with van der Waals surface area (Å²) in [5.74, 6) is -1.21. The molecule has 0 heterocycles. The molecule has 1 amide bonds. The van der Waals surface area contributed by atoms with Crippen LogP contribution in [0.1, 0.15) is 23.6 Å². The number of aryl methyl sites for hydroxylation is 2. The molecule has 2 aromatic carbocycles. The van der Waals surface area contributed by atoms with Gasteiger partial charge in [0.15, 0.2) is 12.7 Å². The van der Waals surface area contributed by atoms with Gasteiger partial charge in [-0.15, -0.1) is 0 Å². The smallest absolute Gasteiger partial charge is 0.418 e. The standard InChI is InChI=1S/C20H20F3NO4/c1-12-8-13(2)10-15(9-12)27-11-18(25)28-14(3)19(26)24-17-7-5-4-6-16(17)20(21,22)23/h4-10,14H,11H2,1-3H3,(H,24,26)/t14-/m1/s1. The first-order chi connectivity index (χ1) is 13.1. The van der Waals surface area contributed by atoms with Crippen LogP contribution in [0.5, 0.6) is 5.75 Å². The molecule has 0 spiro atoms. The Hall–Kier alpha value is -3.03. The zero-order chi connectivity index (χ0) is 20.9. The third kappa shape index (κ3) is 6.00. The Kier molecular flexibility index (Phi) is 6.66. The summed E-state index contributed by atoms with van der Waals surface area (Å²) in [6.45, 7) is 4.59. The molecule has 8 heteroatoms. The number of carbonyl (C=O) groups is 2. The molecular weight excluding hydrogens is 375 g/mol. The summed E-state index contributed by atoms with van der Waals surface area (Å²) in [6, 6.07) is 9.97. The number of benzene rings is 2. The molecule has 1 atom stereocenters. The number of alkyl halides is 3. The van der Waals surface area contributed by atoms with Crippen LogP contribution in [0.4, 0.5) is 18.9 Å². The van der Waals surface area contributed by atoms with Crippen molar-refractivity contribution in [3.63, 3.8) is 0 Å². The topological polar surface area (TPSA) is 64.6 Å². The predicted molar refractivity (Wildman–Crippen MR) is 97.0 cm³/mol. The highest BCUT2D eigenvalue weighted by Gasteiger charge is 2.34. The second kappa shape index (κ2) is 8.77. The number of hydrogen-bond acceptors (Lipinski definition) is 4. The molecule has 0 aromatic heterocycles. The number of para-hydroxylation sites is 1. The van der Waals surface area contributed by atoms with Gasteiger partial charge in [0.05, 0.1) is 11.3 Å². The molecule has 0 saturated carbocycles. The molecular formula is C20H20F3NO4. The molecule has 1 N–H and O–H groups in total. The van der Waals surface area contributed by atoms with E-state index in [2.05, 4.69) is 5.32 Å². The van der Waals surface area contributed by atoms with Gasteiger partial charge >= 0.3 is 12.1 Å². The molecule has 28 heavy (non-hydrogen) atoms. The van der Waals surface area contributed by atoms with Gasteiger partial charge in [0.2, 0.25) is 0 Å². The van der Waals surface area contributed by atoms with Gasteiger partial charge < -0.3 is 14.8 Å². The highest BCUT2D eigenvalue weighted by atomic mass is 19.4. The van der Waals surface area contributed by atoms with Crippen LogP contribution < -0.4 is 10.1 Å². The minimum Gasteiger partial charge on any atom is -0.482 e. The molecule has 0 bridgehead atoms. The highest BCUT2D eigenvalue weighted by Crippen LogP contribution is 2.34. The van der Waals surface area contributed by atoms with Crippen molar-refractivity contribution < 1.29 is 32.2 Å². The summed E-state index contributed by atoms with van der Waals surface area (Å²) in [5, 5.41) is 2.13. The Morgan fingerprint density at radius 2 is 1.68 bits per heavy atom. The van der Waals surface area contributed by atoms with Gasteiger partial charge in [-0.05, 0) is 56.2 Å². The second-order valence-corrected chi connectivity index (χ2v) is 6.28. The second-order valence-electron chi connectivity index (χ2n) is 6.28. The van der Waals surface area contributed by atoms with Crippen molar-refractivity contribution in [3.05, 3.63) is 59.2 Å². The normalized spacial score (nSPS) is 12.2. The molecule has 0 radical (unpaired) electrons. The van der Waals surface area contributed by atoms with Crippen LogP contribution >= 0.6 is 0 Å². The van der Waals surface area contributed by atoms with Gasteiger partial charge in [-0.3, -0.25) is 4.79 Å². The fourth-order valence-corrected chi connectivity index (χ4v) is 2.52. The number of hydrogen-bond donors (Lipinski definition) is 1. The highest BCUT2D eigenvalue weighted by molar-refractivity contribution is 5.95. The van der Waals surface area contributed by atoms with E-state index in [9.17, 15) is 22.8 Å². The van der Waals surface area contributed by atoms with Crippen LogP contribution in [0.25, 0.3) is 0 Å². The van der Waals surface area contributed by atoms with Crippen molar-refractivity contribution in [2.45, 2.75) is 33.1 Å².